The molecule has 198 valence electrons. The fourth-order valence-corrected chi connectivity index (χ4v) is 4.55. The van der Waals surface area contributed by atoms with Crippen LogP contribution in [0.2, 0.25) is 0 Å². The minimum atomic E-state index is -0.727. The molecular formula is C32H29NO6. The van der Waals surface area contributed by atoms with E-state index >= 15 is 0 Å². The Bertz CT molecular complexity index is 1530. The van der Waals surface area contributed by atoms with E-state index in [9.17, 15) is 14.4 Å². The highest BCUT2D eigenvalue weighted by Gasteiger charge is 2.20. The maximum absolute atomic E-state index is 12.6. The normalized spacial score (nSPS) is 13.8. The first-order valence-electron chi connectivity index (χ1n) is 13.1. The third kappa shape index (κ3) is 7.02. The Morgan fingerprint density at radius 1 is 0.897 bits per heavy atom. The molecule has 1 fully saturated rings. The van der Waals surface area contributed by atoms with Crippen LogP contribution in [0.25, 0.3) is 17.0 Å². The number of nitrogens with one attached hydrogen (secondary N) is 1. The molecule has 0 unspecified atom stereocenters. The zero-order valence-corrected chi connectivity index (χ0v) is 21.4. The summed E-state index contributed by atoms with van der Waals surface area (Å²) < 4.78 is 16.5. The Morgan fingerprint density at radius 3 is 2.41 bits per heavy atom. The molecule has 7 nitrogen and oxygen atoms in total. The molecule has 0 spiro atoms. The van der Waals surface area contributed by atoms with E-state index in [1.807, 2.05) is 54.6 Å². The molecule has 5 rings (SSSR count). The molecule has 7 heteroatoms. The number of rotatable bonds is 8. The number of hydrogen-bond acceptors (Lipinski definition) is 6. The molecule has 0 radical (unpaired) electrons. The summed E-state index contributed by atoms with van der Waals surface area (Å²) in [7, 11) is 0. The van der Waals surface area contributed by atoms with Crippen LogP contribution >= 0.6 is 0 Å². The molecule has 39 heavy (non-hydrogen) atoms. The second kappa shape index (κ2) is 12.3. The lowest BCUT2D eigenvalue weighted by molar-refractivity contribution is -0.128. The van der Waals surface area contributed by atoms with E-state index < -0.39 is 17.5 Å². The van der Waals surface area contributed by atoms with Gasteiger partial charge in [-0.15, -0.1) is 0 Å². The third-order valence-electron chi connectivity index (χ3n) is 6.65. The number of hydrogen-bond donors (Lipinski definition) is 1. The van der Waals surface area contributed by atoms with Gasteiger partial charge in [-0.25, -0.2) is 9.59 Å². The predicted molar refractivity (Wildman–Crippen MR) is 149 cm³/mol. The van der Waals surface area contributed by atoms with Crippen molar-refractivity contribution in [2.75, 3.05) is 0 Å². The minimum Gasteiger partial charge on any atom is -0.489 e. The van der Waals surface area contributed by atoms with Gasteiger partial charge in [-0.1, -0.05) is 61.7 Å². The SMILES string of the molecule is O=C(/C=C/c1ccc(OCc2ccccc2)cc1)Oc1ccc2cc(C(=O)NC3CCCCC3)c(=O)oc2c1. The summed E-state index contributed by atoms with van der Waals surface area (Å²) in [6.07, 6.45) is 8.12. The highest BCUT2D eigenvalue weighted by molar-refractivity contribution is 5.97. The van der Waals surface area contributed by atoms with Crippen molar-refractivity contribution in [1.29, 1.82) is 0 Å². The van der Waals surface area contributed by atoms with Crippen LogP contribution in [0.5, 0.6) is 11.5 Å². The van der Waals surface area contributed by atoms with Crippen molar-refractivity contribution in [3.8, 4) is 11.5 Å². The second-order valence-electron chi connectivity index (χ2n) is 9.55. The van der Waals surface area contributed by atoms with Gasteiger partial charge in [-0.3, -0.25) is 4.79 Å². The summed E-state index contributed by atoms with van der Waals surface area (Å²) in [5.41, 5.74) is 1.36. The van der Waals surface area contributed by atoms with Gasteiger partial charge in [0, 0.05) is 23.6 Å². The third-order valence-corrected chi connectivity index (χ3v) is 6.65. The van der Waals surface area contributed by atoms with E-state index in [4.69, 9.17) is 13.9 Å². The highest BCUT2D eigenvalue weighted by atomic mass is 16.5. The predicted octanol–water partition coefficient (Wildman–Crippen LogP) is 6.05. The van der Waals surface area contributed by atoms with Crippen molar-refractivity contribution in [3.63, 3.8) is 0 Å². The quantitative estimate of drug-likeness (QED) is 0.131. The van der Waals surface area contributed by atoms with Crippen molar-refractivity contribution in [1.82, 2.24) is 5.32 Å². The summed E-state index contributed by atoms with van der Waals surface area (Å²) in [4.78, 5) is 37.5. The summed E-state index contributed by atoms with van der Waals surface area (Å²) in [5.74, 6) is -0.0474. The number of fused-ring (bicyclic) bond motifs is 1. The molecule has 1 N–H and O–H groups in total. The van der Waals surface area contributed by atoms with E-state index in [1.54, 1.807) is 18.2 Å². The summed E-state index contributed by atoms with van der Waals surface area (Å²) in [5, 5.41) is 3.50. The summed E-state index contributed by atoms with van der Waals surface area (Å²) in [6.45, 7) is 0.475. The van der Waals surface area contributed by atoms with Crippen molar-refractivity contribution in [2.24, 2.45) is 0 Å². The van der Waals surface area contributed by atoms with Crippen LogP contribution in [0, 0.1) is 0 Å². The Kier molecular flexibility index (Phi) is 8.17. The molecule has 0 atom stereocenters. The van der Waals surface area contributed by atoms with Gasteiger partial charge in [0.2, 0.25) is 0 Å². The molecule has 0 bridgehead atoms. The Morgan fingerprint density at radius 2 is 1.64 bits per heavy atom. The lowest BCUT2D eigenvalue weighted by Crippen LogP contribution is -2.38. The smallest absolute Gasteiger partial charge is 0.349 e. The van der Waals surface area contributed by atoms with Gasteiger partial charge in [0.05, 0.1) is 0 Å². The number of ether oxygens (including phenoxy) is 2. The Labute approximate surface area is 226 Å². The molecule has 0 saturated heterocycles. The number of benzene rings is 3. The van der Waals surface area contributed by atoms with Crippen LogP contribution in [-0.2, 0) is 11.4 Å². The van der Waals surface area contributed by atoms with E-state index in [1.165, 1.54) is 24.6 Å². The van der Waals surface area contributed by atoms with Crippen LogP contribution in [0.15, 0.2) is 94.2 Å². The lowest BCUT2D eigenvalue weighted by atomic mass is 9.95. The average Bonchev–Trinajstić information content (AvgIpc) is 2.96. The largest absolute Gasteiger partial charge is 0.489 e. The number of carbonyl (C=O) groups is 2. The summed E-state index contributed by atoms with van der Waals surface area (Å²) in [6, 6.07) is 23.6. The van der Waals surface area contributed by atoms with Crippen LogP contribution in [0.4, 0.5) is 0 Å². The lowest BCUT2D eigenvalue weighted by Gasteiger charge is -2.22. The van der Waals surface area contributed by atoms with Crippen LogP contribution in [0.1, 0.15) is 53.6 Å². The van der Waals surface area contributed by atoms with Crippen molar-refractivity contribution in [2.45, 2.75) is 44.8 Å². The van der Waals surface area contributed by atoms with Gasteiger partial charge in [-0.05, 0) is 60.4 Å². The highest BCUT2D eigenvalue weighted by Crippen LogP contribution is 2.22. The average molecular weight is 524 g/mol. The number of esters is 1. The Balaban J connectivity index is 1.18. The van der Waals surface area contributed by atoms with Gasteiger partial charge in [0.25, 0.3) is 5.91 Å². The first-order valence-corrected chi connectivity index (χ1v) is 13.1. The standard InChI is InChI=1S/C32H29NO6/c34-30(18-13-22-11-15-26(16-12-22)37-21-23-7-3-1-4-8-23)38-27-17-14-24-19-28(32(36)39-29(24)20-27)31(35)33-25-9-5-2-6-10-25/h1,3-4,7-8,11-20,25H,2,5-6,9-10,21H2,(H,33,35)/b18-13+. The van der Waals surface area contributed by atoms with Gasteiger partial charge >= 0.3 is 11.6 Å². The second-order valence-corrected chi connectivity index (χ2v) is 9.55. The first-order chi connectivity index (χ1) is 19.0. The molecule has 0 aliphatic heterocycles. The molecule has 3 aromatic carbocycles. The maximum atomic E-state index is 12.6. The van der Waals surface area contributed by atoms with Crippen LogP contribution in [-0.4, -0.2) is 17.9 Å². The molecule has 1 aliphatic carbocycles. The topological polar surface area (TPSA) is 94.8 Å². The maximum Gasteiger partial charge on any atom is 0.349 e. The molecule has 1 heterocycles. The Hall–Kier alpha value is -4.65. The molecule has 1 aromatic heterocycles. The van der Waals surface area contributed by atoms with Crippen molar-refractivity contribution in [3.05, 3.63) is 112 Å². The van der Waals surface area contributed by atoms with Crippen molar-refractivity contribution >= 4 is 28.9 Å². The first kappa shape index (κ1) is 26.0. The fraction of sp³-hybridized carbons (Fsp3) is 0.219. The molecule has 1 saturated carbocycles. The number of amides is 1. The van der Waals surface area contributed by atoms with Gasteiger partial charge < -0.3 is 19.2 Å². The zero-order valence-electron chi connectivity index (χ0n) is 21.4. The molecular weight excluding hydrogens is 494 g/mol. The minimum absolute atomic E-state index is 0.0303. The van der Waals surface area contributed by atoms with E-state index in [0.29, 0.717) is 12.0 Å². The van der Waals surface area contributed by atoms with E-state index in [0.717, 1.165) is 42.6 Å². The fourth-order valence-electron chi connectivity index (χ4n) is 4.55. The van der Waals surface area contributed by atoms with E-state index in [2.05, 4.69) is 5.32 Å². The number of carbonyl (C=O) groups excluding carboxylic acids is 2. The van der Waals surface area contributed by atoms with Crippen LogP contribution < -0.4 is 20.4 Å². The molecule has 1 amide bonds. The zero-order chi connectivity index (χ0) is 27.0. The molecule has 4 aromatic rings. The van der Waals surface area contributed by atoms with Crippen molar-refractivity contribution < 1.29 is 23.5 Å². The molecule has 1 aliphatic rings. The summed E-state index contributed by atoms with van der Waals surface area (Å²) >= 11 is 0. The van der Waals surface area contributed by atoms with Crippen LogP contribution in [0.3, 0.4) is 0 Å². The van der Waals surface area contributed by atoms with E-state index in [-0.39, 0.29) is 22.9 Å². The monoisotopic (exact) mass is 523 g/mol. The van der Waals surface area contributed by atoms with Gasteiger partial charge in [-0.2, -0.15) is 0 Å². The van der Waals surface area contributed by atoms with Gasteiger partial charge in [0.15, 0.2) is 0 Å². The van der Waals surface area contributed by atoms with Gasteiger partial charge in [0.1, 0.15) is 29.3 Å².